The maximum Gasteiger partial charge on any atom is 0.416 e. The molecule has 26 heavy (non-hydrogen) atoms. The second-order valence-electron chi connectivity index (χ2n) is 8.53. The number of likely N-dealkylation sites (tertiary alicyclic amines) is 1. The van der Waals surface area contributed by atoms with E-state index in [1.54, 1.807) is 4.90 Å². The van der Waals surface area contributed by atoms with Crippen molar-refractivity contribution in [1.82, 2.24) is 9.88 Å². The van der Waals surface area contributed by atoms with Crippen LogP contribution in [-0.2, 0) is 17.6 Å². The number of carbonyl (C=O) groups is 1. The lowest BCUT2D eigenvalue weighted by atomic mass is 10.0. The largest absolute Gasteiger partial charge is 0.443 e. The number of rotatable bonds is 4. The number of ether oxygens (including phenoxy) is 1. The summed E-state index contributed by atoms with van der Waals surface area (Å²) in [6.07, 6.45) is 7.80. The van der Waals surface area contributed by atoms with Crippen LogP contribution in [0, 0.1) is 0 Å². The fourth-order valence-corrected chi connectivity index (χ4v) is 3.78. The van der Waals surface area contributed by atoms with Crippen LogP contribution in [0.5, 0.6) is 0 Å². The van der Waals surface area contributed by atoms with Crippen molar-refractivity contribution in [2.75, 3.05) is 31.1 Å². The van der Waals surface area contributed by atoms with Crippen molar-refractivity contribution in [3.05, 3.63) is 23.4 Å². The SMILES string of the molecule is CC(C)(C)OC(=O)N1CCCc2ccc(CCCN3CCCCC3)nc21. The third-order valence-electron chi connectivity index (χ3n) is 5.07. The maximum atomic E-state index is 12.6. The molecule has 0 aliphatic carbocycles. The molecular weight excluding hydrogens is 326 g/mol. The lowest BCUT2D eigenvalue weighted by Crippen LogP contribution is -2.40. The van der Waals surface area contributed by atoms with Crippen LogP contribution in [-0.4, -0.2) is 47.8 Å². The van der Waals surface area contributed by atoms with Gasteiger partial charge < -0.3 is 9.64 Å². The van der Waals surface area contributed by atoms with E-state index >= 15 is 0 Å². The van der Waals surface area contributed by atoms with Crippen LogP contribution in [0.3, 0.4) is 0 Å². The molecule has 0 radical (unpaired) electrons. The number of aromatic nitrogens is 1. The van der Waals surface area contributed by atoms with Gasteiger partial charge in [0.25, 0.3) is 0 Å². The van der Waals surface area contributed by atoms with Crippen molar-refractivity contribution in [3.63, 3.8) is 0 Å². The van der Waals surface area contributed by atoms with Crippen LogP contribution in [0.15, 0.2) is 12.1 Å². The lowest BCUT2D eigenvalue weighted by molar-refractivity contribution is 0.0576. The van der Waals surface area contributed by atoms with Gasteiger partial charge in [-0.05, 0) is 90.6 Å². The van der Waals surface area contributed by atoms with E-state index in [2.05, 4.69) is 17.0 Å². The number of pyridine rings is 1. The highest BCUT2D eigenvalue weighted by Crippen LogP contribution is 2.27. The number of carbonyl (C=O) groups excluding carboxylic acids is 1. The molecule has 2 aliphatic rings. The first-order valence-electron chi connectivity index (χ1n) is 10.1. The van der Waals surface area contributed by atoms with Gasteiger partial charge in [0, 0.05) is 12.2 Å². The maximum absolute atomic E-state index is 12.6. The molecule has 1 aromatic heterocycles. The van der Waals surface area contributed by atoms with Crippen LogP contribution in [0.25, 0.3) is 0 Å². The Morgan fingerprint density at radius 1 is 1.12 bits per heavy atom. The molecule has 0 aromatic carbocycles. The summed E-state index contributed by atoms with van der Waals surface area (Å²) < 4.78 is 5.57. The van der Waals surface area contributed by atoms with E-state index in [1.807, 2.05) is 20.8 Å². The van der Waals surface area contributed by atoms with Gasteiger partial charge in [-0.15, -0.1) is 0 Å². The number of fused-ring (bicyclic) bond motifs is 1. The molecule has 1 aromatic rings. The Morgan fingerprint density at radius 3 is 2.62 bits per heavy atom. The zero-order chi connectivity index (χ0) is 18.6. The standard InChI is InChI=1S/C21H33N3O2/c1-21(2,3)26-20(25)24-16-7-9-17-11-12-18(22-19(17)24)10-8-15-23-13-5-4-6-14-23/h11-12H,4-10,13-16H2,1-3H3. The van der Waals surface area contributed by atoms with Gasteiger partial charge >= 0.3 is 6.09 Å². The number of piperidine rings is 1. The van der Waals surface area contributed by atoms with Gasteiger partial charge in [-0.3, -0.25) is 4.90 Å². The molecule has 2 aliphatic heterocycles. The summed E-state index contributed by atoms with van der Waals surface area (Å²) in [7, 11) is 0. The molecule has 3 heterocycles. The van der Waals surface area contributed by atoms with E-state index in [0.717, 1.165) is 49.3 Å². The van der Waals surface area contributed by atoms with E-state index in [-0.39, 0.29) is 6.09 Å². The number of amides is 1. The predicted molar refractivity (Wildman–Crippen MR) is 105 cm³/mol. The summed E-state index contributed by atoms with van der Waals surface area (Å²) in [6, 6.07) is 4.28. The third-order valence-corrected chi connectivity index (χ3v) is 5.07. The smallest absolute Gasteiger partial charge is 0.416 e. The normalized spacial score (nSPS) is 18.5. The molecule has 0 spiro atoms. The van der Waals surface area contributed by atoms with Crippen LogP contribution in [0.2, 0.25) is 0 Å². The Morgan fingerprint density at radius 2 is 1.88 bits per heavy atom. The molecule has 144 valence electrons. The summed E-state index contributed by atoms with van der Waals surface area (Å²) in [6.45, 7) is 10.0. The first-order chi connectivity index (χ1) is 12.4. The Labute approximate surface area is 157 Å². The Kier molecular flexibility index (Phi) is 6.17. The topological polar surface area (TPSA) is 45.7 Å². The molecule has 1 fully saturated rings. The quantitative estimate of drug-likeness (QED) is 0.809. The van der Waals surface area contributed by atoms with Gasteiger partial charge in [0.05, 0.1) is 0 Å². The summed E-state index contributed by atoms with van der Waals surface area (Å²) in [5.74, 6) is 0.806. The second kappa shape index (κ2) is 8.38. The molecule has 5 nitrogen and oxygen atoms in total. The van der Waals surface area contributed by atoms with Gasteiger partial charge in [0.15, 0.2) is 0 Å². The number of nitrogens with zero attached hydrogens (tertiary/aromatic N) is 3. The Bertz CT molecular complexity index is 618. The molecule has 0 unspecified atom stereocenters. The van der Waals surface area contributed by atoms with Gasteiger partial charge in [-0.2, -0.15) is 0 Å². The highest BCUT2D eigenvalue weighted by atomic mass is 16.6. The molecule has 5 heteroatoms. The molecule has 1 amide bonds. The number of anilines is 1. The van der Waals surface area contributed by atoms with Gasteiger partial charge in [0.2, 0.25) is 0 Å². The average Bonchev–Trinajstić information content (AvgIpc) is 2.60. The molecule has 0 bridgehead atoms. The van der Waals surface area contributed by atoms with Crippen molar-refractivity contribution in [3.8, 4) is 0 Å². The number of hydrogen-bond donors (Lipinski definition) is 0. The molecule has 0 saturated carbocycles. The average molecular weight is 360 g/mol. The van der Waals surface area contributed by atoms with Gasteiger partial charge in [0.1, 0.15) is 11.4 Å². The first kappa shape index (κ1) is 19.2. The monoisotopic (exact) mass is 359 g/mol. The zero-order valence-electron chi connectivity index (χ0n) is 16.6. The fraction of sp³-hybridized carbons (Fsp3) is 0.714. The summed E-state index contributed by atoms with van der Waals surface area (Å²) in [5.41, 5.74) is 1.75. The van der Waals surface area contributed by atoms with Crippen molar-refractivity contribution in [2.24, 2.45) is 0 Å². The highest BCUT2D eigenvalue weighted by molar-refractivity contribution is 5.88. The fourth-order valence-electron chi connectivity index (χ4n) is 3.78. The summed E-state index contributed by atoms with van der Waals surface area (Å²) >= 11 is 0. The molecule has 0 atom stereocenters. The van der Waals surface area contributed by atoms with Crippen LogP contribution in [0.1, 0.15) is 64.1 Å². The van der Waals surface area contributed by atoms with Crippen LogP contribution >= 0.6 is 0 Å². The van der Waals surface area contributed by atoms with Crippen molar-refractivity contribution in [2.45, 2.75) is 71.3 Å². The molecule has 0 N–H and O–H groups in total. The third kappa shape index (κ3) is 5.19. The zero-order valence-corrected chi connectivity index (χ0v) is 16.6. The minimum absolute atomic E-state index is 0.281. The number of hydrogen-bond acceptors (Lipinski definition) is 4. The van der Waals surface area contributed by atoms with E-state index in [0.29, 0.717) is 6.54 Å². The van der Waals surface area contributed by atoms with Crippen molar-refractivity contribution >= 4 is 11.9 Å². The predicted octanol–water partition coefficient (Wildman–Crippen LogP) is 4.19. The minimum Gasteiger partial charge on any atom is -0.443 e. The minimum atomic E-state index is -0.485. The van der Waals surface area contributed by atoms with E-state index in [1.165, 1.54) is 32.4 Å². The van der Waals surface area contributed by atoms with E-state index < -0.39 is 5.60 Å². The Balaban J connectivity index is 1.63. The summed E-state index contributed by atoms with van der Waals surface area (Å²) in [4.78, 5) is 21.7. The summed E-state index contributed by atoms with van der Waals surface area (Å²) in [5, 5.41) is 0. The highest BCUT2D eigenvalue weighted by Gasteiger charge is 2.28. The Hall–Kier alpha value is -1.62. The first-order valence-corrected chi connectivity index (χ1v) is 10.1. The molecule has 1 saturated heterocycles. The van der Waals surface area contributed by atoms with Gasteiger partial charge in [-0.1, -0.05) is 12.5 Å². The second-order valence-corrected chi connectivity index (χ2v) is 8.53. The van der Waals surface area contributed by atoms with E-state index in [9.17, 15) is 4.79 Å². The number of aryl methyl sites for hydroxylation is 2. The van der Waals surface area contributed by atoms with E-state index in [4.69, 9.17) is 9.72 Å². The molecular formula is C21H33N3O2. The van der Waals surface area contributed by atoms with Gasteiger partial charge in [-0.25, -0.2) is 9.78 Å². The lowest BCUT2D eigenvalue weighted by Gasteiger charge is -2.31. The van der Waals surface area contributed by atoms with Crippen LogP contribution in [0.4, 0.5) is 10.6 Å². The van der Waals surface area contributed by atoms with Crippen molar-refractivity contribution in [1.29, 1.82) is 0 Å². The molecule has 3 rings (SSSR count). The van der Waals surface area contributed by atoms with Crippen LogP contribution < -0.4 is 4.90 Å². The van der Waals surface area contributed by atoms with Crippen molar-refractivity contribution < 1.29 is 9.53 Å².